The molecule has 0 amide bonds. The van der Waals surface area contributed by atoms with E-state index in [-0.39, 0.29) is 5.54 Å². The summed E-state index contributed by atoms with van der Waals surface area (Å²) in [4.78, 5) is 2.45. The molecule has 2 N–H and O–H groups in total. The van der Waals surface area contributed by atoms with Crippen molar-refractivity contribution in [2.24, 2.45) is 11.7 Å². The fourth-order valence-corrected chi connectivity index (χ4v) is 1.87. The first kappa shape index (κ1) is 14.9. The van der Waals surface area contributed by atoms with Gasteiger partial charge in [-0.25, -0.2) is 0 Å². The van der Waals surface area contributed by atoms with Crippen molar-refractivity contribution in [3.8, 4) is 0 Å². The molecule has 15 heavy (non-hydrogen) atoms. The monoisotopic (exact) mass is 214 g/mol. The zero-order valence-corrected chi connectivity index (χ0v) is 11.5. The summed E-state index contributed by atoms with van der Waals surface area (Å²) in [7, 11) is 2.22. The van der Waals surface area contributed by atoms with Crippen LogP contribution in [-0.4, -0.2) is 30.1 Å². The van der Waals surface area contributed by atoms with Crippen LogP contribution >= 0.6 is 0 Å². The van der Waals surface area contributed by atoms with Gasteiger partial charge in [0, 0.05) is 11.6 Å². The molecule has 0 bridgehead atoms. The van der Waals surface area contributed by atoms with Crippen LogP contribution in [-0.2, 0) is 0 Å². The average Bonchev–Trinajstić information content (AvgIpc) is 2.00. The Kier molecular flexibility index (Phi) is 6.46. The largest absolute Gasteiger partial charge is 0.326 e. The van der Waals surface area contributed by atoms with Crippen LogP contribution in [0.5, 0.6) is 0 Å². The van der Waals surface area contributed by atoms with Crippen LogP contribution in [0.2, 0.25) is 0 Å². The highest BCUT2D eigenvalue weighted by atomic mass is 15.1. The molecule has 0 aliphatic rings. The Balaban J connectivity index is 3.69. The van der Waals surface area contributed by atoms with Crippen LogP contribution in [0.15, 0.2) is 0 Å². The van der Waals surface area contributed by atoms with Crippen LogP contribution in [0, 0.1) is 5.92 Å². The topological polar surface area (TPSA) is 29.3 Å². The number of nitrogens with two attached hydrogens (primary N) is 1. The van der Waals surface area contributed by atoms with Crippen LogP contribution in [0.3, 0.4) is 0 Å². The standard InChI is InChI=1S/C13H30N2/c1-11(2)10-12(3)15(6)9-7-8-13(4,5)14/h11-12H,7-10,14H2,1-6H3. The van der Waals surface area contributed by atoms with Crippen LogP contribution < -0.4 is 5.73 Å². The molecular weight excluding hydrogens is 184 g/mol. The lowest BCUT2D eigenvalue weighted by molar-refractivity contribution is 0.219. The Morgan fingerprint density at radius 2 is 1.73 bits per heavy atom. The second kappa shape index (κ2) is 6.49. The van der Waals surface area contributed by atoms with Crippen LogP contribution in [0.4, 0.5) is 0 Å². The third-order valence-electron chi connectivity index (χ3n) is 2.90. The SMILES string of the molecule is CC(C)CC(C)N(C)CCCC(C)(C)N. The number of hydrogen-bond acceptors (Lipinski definition) is 2. The highest BCUT2D eigenvalue weighted by molar-refractivity contribution is 4.73. The summed E-state index contributed by atoms with van der Waals surface area (Å²) < 4.78 is 0. The van der Waals surface area contributed by atoms with Crippen LogP contribution in [0.1, 0.15) is 53.9 Å². The molecule has 0 saturated heterocycles. The Hall–Kier alpha value is -0.0800. The van der Waals surface area contributed by atoms with Gasteiger partial charge in [0.1, 0.15) is 0 Å². The Morgan fingerprint density at radius 3 is 2.13 bits per heavy atom. The van der Waals surface area contributed by atoms with Gasteiger partial charge in [-0.15, -0.1) is 0 Å². The highest BCUT2D eigenvalue weighted by Crippen LogP contribution is 2.12. The van der Waals surface area contributed by atoms with Gasteiger partial charge in [-0.1, -0.05) is 13.8 Å². The minimum absolute atomic E-state index is 0.0118. The summed E-state index contributed by atoms with van der Waals surface area (Å²) in [6.45, 7) is 12.2. The molecule has 0 aliphatic carbocycles. The molecule has 0 aromatic rings. The van der Waals surface area contributed by atoms with E-state index in [1.807, 2.05) is 0 Å². The first-order valence-electron chi connectivity index (χ1n) is 6.21. The number of nitrogens with zero attached hydrogens (tertiary/aromatic N) is 1. The summed E-state index contributed by atoms with van der Waals surface area (Å²) in [5.41, 5.74) is 5.95. The van der Waals surface area contributed by atoms with E-state index in [1.165, 1.54) is 12.8 Å². The van der Waals surface area contributed by atoms with Crippen molar-refractivity contribution in [2.75, 3.05) is 13.6 Å². The number of hydrogen-bond donors (Lipinski definition) is 1. The van der Waals surface area contributed by atoms with E-state index in [0.717, 1.165) is 18.9 Å². The Bertz CT molecular complexity index is 158. The second-order valence-electron chi connectivity index (χ2n) is 6.05. The fraction of sp³-hybridized carbons (Fsp3) is 1.00. The predicted octanol–water partition coefficient (Wildman–Crippen LogP) is 2.87. The lowest BCUT2D eigenvalue weighted by Crippen LogP contribution is -2.35. The molecule has 2 heteroatoms. The molecule has 1 atom stereocenters. The van der Waals surface area contributed by atoms with E-state index in [9.17, 15) is 0 Å². The fourth-order valence-electron chi connectivity index (χ4n) is 1.87. The minimum Gasteiger partial charge on any atom is -0.326 e. The van der Waals surface area contributed by atoms with Gasteiger partial charge in [-0.05, 0) is 59.5 Å². The van der Waals surface area contributed by atoms with E-state index in [4.69, 9.17) is 5.73 Å². The Morgan fingerprint density at radius 1 is 1.20 bits per heavy atom. The average molecular weight is 214 g/mol. The zero-order valence-electron chi connectivity index (χ0n) is 11.5. The predicted molar refractivity (Wildman–Crippen MR) is 69.0 cm³/mol. The van der Waals surface area contributed by atoms with Gasteiger partial charge < -0.3 is 10.6 Å². The lowest BCUT2D eigenvalue weighted by Gasteiger charge is -2.27. The lowest BCUT2D eigenvalue weighted by atomic mass is 9.99. The van der Waals surface area contributed by atoms with E-state index in [0.29, 0.717) is 6.04 Å². The molecule has 0 spiro atoms. The van der Waals surface area contributed by atoms with Gasteiger partial charge >= 0.3 is 0 Å². The third-order valence-corrected chi connectivity index (χ3v) is 2.90. The molecule has 0 heterocycles. The Labute approximate surface area is 96.2 Å². The maximum atomic E-state index is 5.96. The molecule has 0 rings (SSSR count). The molecule has 2 nitrogen and oxygen atoms in total. The number of rotatable bonds is 7. The molecule has 0 fully saturated rings. The van der Waals surface area contributed by atoms with Crippen molar-refractivity contribution in [3.63, 3.8) is 0 Å². The maximum absolute atomic E-state index is 5.96. The van der Waals surface area contributed by atoms with E-state index in [2.05, 4.69) is 46.6 Å². The summed E-state index contributed by atoms with van der Waals surface area (Å²) in [6, 6.07) is 0.686. The molecule has 0 radical (unpaired) electrons. The smallest absolute Gasteiger partial charge is 0.00975 e. The molecule has 0 aromatic heterocycles. The molecule has 0 saturated carbocycles. The van der Waals surface area contributed by atoms with Gasteiger partial charge in [0.15, 0.2) is 0 Å². The first-order valence-corrected chi connectivity index (χ1v) is 6.21. The molecule has 92 valence electrons. The van der Waals surface area contributed by atoms with E-state index in [1.54, 1.807) is 0 Å². The van der Waals surface area contributed by atoms with Crippen LogP contribution in [0.25, 0.3) is 0 Å². The maximum Gasteiger partial charge on any atom is 0.00975 e. The summed E-state index contributed by atoms with van der Waals surface area (Å²) >= 11 is 0. The van der Waals surface area contributed by atoms with Gasteiger partial charge in [0.2, 0.25) is 0 Å². The second-order valence-corrected chi connectivity index (χ2v) is 6.05. The van der Waals surface area contributed by atoms with Gasteiger partial charge in [-0.3, -0.25) is 0 Å². The van der Waals surface area contributed by atoms with Crippen molar-refractivity contribution < 1.29 is 0 Å². The summed E-state index contributed by atoms with van der Waals surface area (Å²) in [5.74, 6) is 0.786. The van der Waals surface area contributed by atoms with Crippen molar-refractivity contribution in [1.82, 2.24) is 4.90 Å². The van der Waals surface area contributed by atoms with Crippen molar-refractivity contribution in [3.05, 3.63) is 0 Å². The molecule has 1 unspecified atom stereocenters. The van der Waals surface area contributed by atoms with Crippen molar-refractivity contribution >= 4 is 0 Å². The summed E-state index contributed by atoms with van der Waals surface area (Å²) in [6.07, 6.45) is 3.58. The summed E-state index contributed by atoms with van der Waals surface area (Å²) in [5, 5.41) is 0. The zero-order chi connectivity index (χ0) is 12.1. The van der Waals surface area contributed by atoms with Gasteiger partial charge in [0.25, 0.3) is 0 Å². The molecule has 0 aromatic carbocycles. The minimum atomic E-state index is -0.0118. The van der Waals surface area contributed by atoms with Gasteiger partial charge in [0.05, 0.1) is 0 Å². The molecule has 0 aliphatic heterocycles. The van der Waals surface area contributed by atoms with Crippen molar-refractivity contribution in [2.45, 2.75) is 65.5 Å². The van der Waals surface area contributed by atoms with Crippen molar-refractivity contribution in [1.29, 1.82) is 0 Å². The van der Waals surface area contributed by atoms with E-state index >= 15 is 0 Å². The third kappa shape index (κ3) is 8.88. The highest BCUT2D eigenvalue weighted by Gasteiger charge is 2.13. The van der Waals surface area contributed by atoms with Gasteiger partial charge in [-0.2, -0.15) is 0 Å². The van der Waals surface area contributed by atoms with E-state index < -0.39 is 0 Å². The molecular formula is C13H30N2. The quantitative estimate of drug-likeness (QED) is 0.706. The normalized spacial score (nSPS) is 15.0. The first-order chi connectivity index (χ1) is 6.72.